The van der Waals surface area contributed by atoms with Crippen LogP contribution in [0.5, 0.6) is 6.01 Å². The molecule has 1 N–H and O–H groups in total. The summed E-state index contributed by atoms with van der Waals surface area (Å²) in [5.41, 5.74) is 0.972. The van der Waals surface area contributed by atoms with Crippen LogP contribution >= 0.6 is 0 Å². The zero-order valence-electron chi connectivity index (χ0n) is 11.6. The number of rotatable bonds is 6. The Morgan fingerprint density at radius 2 is 2.00 bits per heavy atom. The van der Waals surface area contributed by atoms with E-state index in [-0.39, 0.29) is 6.10 Å². The second-order valence-electron chi connectivity index (χ2n) is 4.77. The number of hydrogen-bond donors (Lipinski definition) is 1. The minimum absolute atomic E-state index is 0.0663. The number of ether oxygens (including phenoxy) is 1. The van der Waals surface area contributed by atoms with Crippen LogP contribution in [0.1, 0.15) is 13.8 Å². The van der Waals surface area contributed by atoms with Crippen LogP contribution in [0.2, 0.25) is 0 Å². The van der Waals surface area contributed by atoms with E-state index in [1.807, 2.05) is 37.4 Å². The normalized spacial score (nSPS) is 12.6. The van der Waals surface area contributed by atoms with Crippen LogP contribution in [-0.4, -0.2) is 34.5 Å². The Morgan fingerprint density at radius 3 is 2.63 bits per heavy atom. The van der Waals surface area contributed by atoms with Crippen molar-refractivity contribution in [1.29, 1.82) is 0 Å². The molecule has 5 nitrogen and oxygen atoms in total. The highest BCUT2D eigenvalue weighted by molar-refractivity contribution is 5.29. The Kier molecular flexibility index (Phi) is 4.52. The van der Waals surface area contributed by atoms with Gasteiger partial charge in [0.05, 0.1) is 5.69 Å². The molecule has 2 rings (SSSR count). The molecule has 102 valence electrons. The molecule has 19 heavy (non-hydrogen) atoms. The van der Waals surface area contributed by atoms with Crippen molar-refractivity contribution in [2.24, 2.45) is 5.92 Å². The average Bonchev–Trinajstić information content (AvgIpc) is 2.88. The van der Waals surface area contributed by atoms with Crippen LogP contribution in [0, 0.1) is 5.92 Å². The molecule has 0 aliphatic heterocycles. The van der Waals surface area contributed by atoms with Gasteiger partial charge in [0.25, 0.3) is 0 Å². The van der Waals surface area contributed by atoms with Crippen molar-refractivity contribution in [3.05, 3.63) is 36.7 Å². The topological polar surface area (TPSA) is 52.0 Å². The SMILES string of the molecule is CNCC(Oc1ncn(-c2ccccc2)n1)C(C)C. The second-order valence-corrected chi connectivity index (χ2v) is 4.77. The molecule has 1 unspecified atom stereocenters. The standard InChI is InChI=1S/C14H20N4O/c1-11(2)13(9-15-3)19-14-16-10-18(17-14)12-7-5-4-6-8-12/h4-8,10-11,13,15H,9H2,1-3H3. The molecule has 0 saturated carbocycles. The van der Waals surface area contributed by atoms with Gasteiger partial charge in [-0.1, -0.05) is 32.0 Å². The Morgan fingerprint density at radius 1 is 1.26 bits per heavy atom. The maximum absolute atomic E-state index is 5.81. The number of aromatic nitrogens is 3. The molecule has 0 radical (unpaired) electrons. The lowest BCUT2D eigenvalue weighted by Gasteiger charge is -2.19. The quantitative estimate of drug-likeness (QED) is 0.861. The summed E-state index contributed by atoms with van der Waals surface area (Å²) in [6.07, 6.45) is 1.73. The van der Waals surface area contributed by atoms with Crippen molar-refractivity contribution in [3.63, 3.8) is 0 Å². The van der Waals surface area contributed by atoms with Gasteiger partial charge < -0.3 is 10.1 Å². The highest BCUT2D eigenvalue weighted by Crippen LogP contribution is 2.12. The lowest BCUT2D eigenvalue weighted by Crippen LogP contribution is -2.34. The maximum atomic E-state index is 5.81. The van der Waals surface area contributed by atoms with Crippen molar-refractivity contribution in [1.82, 2.24) is 20.1 Å². The van der Waals surface area contributed by atoms with E-state index in [4.69, 9.17) is 4.74 Å². The third-order valence-corrected chi connectivity index (χ3v) is 2.90. The lowest BCUT2D eigenvalue weighted by atomic mass is 10.1. The summed E-state index contributed by atoms with van der Waals surface area (Å²) in [7, 11) is 1.91. The molecule has 2 aromatic rings. The largest absolute Gasteiger partial charge is 0.457 e. The number of benzene rings is 1. The Labute approximate surface area is 113 Å². The van der Waals surface area contributed by atoms with Crippen molar-refractivity contribution >= 4 is 0 Å². The van der Waals surface area contributed by atoms with Gasteiger partial charge in [0, 0.05) is 6.54 Å². The van der Waals surface area contributed by atoms with Crippen molar-refractivity contribution in [2.75, 3.05) is 13.6 Å². The van der Waals surface area contributed by atoms with E-state index >= 15 is 0 Å². The van der Waals surface area contributed by atoms with Gasteiger partial charge in [-0.2, -0.15) is 4.98 Å². The molecule has 0 saturated heterocycles. The van der Waals surface area contributed by atoms with E-state index in [1.165, 1.54) is 0 Å². The third kappa shape index (κ3) is 3.54. The zero-order valence-corrected chi connectivity index (χ0v) is 11.6. The number of nitrogens with zero attached hydrogens (tertiary/aromatic N) is 3. The first-order valence-electron chi connectivity index (χ1n) is 6.49. The molecule has 0 amide bonds. The highest BCUT2D eigenvalue weighted by Gasteiger charge is 2.16. The minimum atomic E-state index is 0.0663. The summed E-state index contributed by atoms with van der Waals surface area (Å²) < 4.78 is 7.53. The second kappa shape index (κ2) is 6.33. The van der Waals surface area contributed by atoms with Crippen LogP contribution < -0.4 is 10.1 Å². The predicted octanol–water partition coefficient (Wildman–Crippen LogP) is 1.89. The number of hydrogen-bond acceptors (Lipinski definition) is 4. The van der Waals surface area contributed by atoms with Crippen molar-refractivity contribution in [3.8, 4) is 11.7 Å². The van der Waals surface area contributed by atoms with Gasteiger partial charge in [0.1, 0.15) is 12.4 Å². The number of likely N-dealkylation sites (N-methyl/N-ethyl adjacent to an activating group) is 1. The zero-order chi connectivity index (χ0) is 13.7. The molecule has 1 aromatic carbocycles. The Bertz CT molecular complexity index is 495. The summed E-state index contributed by atoms with van der Waals surface area (Å²) in [5.74, 6) is 0.399. The van der Waals surface area contributed by atoms with E-state index < -0.39 is 0 Å². The van der Waals surface area contributed by atoms with E-state index in [0.717, 1.165) is 12.2 Å². The van der Waals surface area contributed by atoms with Crippen LogP contribution in [0.15, 0.2) is 36.7 Å². The highest BCUT2D eigenvalue weighted by atomic mass is 16.5. The fraction of sp³-hybridized carbons (Fsp3) is 0.429. The van der Waals surface area contributed by atoms with Gasteiger partial charge in [-0.05, 0) is 25.1 Å². The molecular formula is C14H20N4O. The number of nitrogens with one attached hydrogen (secondary N) is 1. The summed E-state index contributed by atoms with van der Waals surface area (Å²) in [6.45, 7) is 5.02. The van der Waals surface area contributed by atoms with Crippen molar-refractivity contribution in [2.45, 2.75) is 20.0 Å². The Hall–Kier alpha value is -1.88. The summed E-state index contributed by atoms with van der Waals surface area (Å²) in [4.78, 5) is 4.20. The molecule has 0 fully saturated rings. The van der Waals surface area contributed by atoms with Gasteiger partial charge >= 0.3 is 6.01 Å². The first kappa shape index (κ1) is 13.5. The van der Waals surface area contributed by atoms with Gasteiger partial charge in [0.15, 0.2) is 0 Å². The smallest absolute Gasteiger partial charge is 0.336 e. The van der Waals surface area contributed by atoms with E-state index in [9.17, 15) is 0 Å². The molecule has 1 aromatic heterocycles. The molecule has 0 aliphatic carbocycles. The summed E-state index contributed by atoms with van der Waals surface area (Å²) >= 11 is 0. The predicted molar refractivity (Wildman–Crippen MR) is 74.5 cm³/mol. The fourth-order valence-electron chi connectivity index (χ4n) is 1.76. The molecule has 0 aliphatic rings. The molecule has 1 heterocycles. The average molecular weight is 260 g/mol. The van der Waals surface area contributed by atoms with E-state index in [0.29, 0.717) is 11.9 Å². The van der Waals surface area contributed by atoms with E-state index in [1.54, 1.807) is 11.0 Å². The van der Waals surface area contributed by atoms with Gasteiger partial charge in [-0.25, -0.2) is 4.68 Å². The van der Waals surface area contributed by atoms with Crippen LogP contribution in [0.25, 0.3) is 5.69 Å². The van der Waals surface area contributed by atoms with Crippen LogP contribution in [0.4, 0.5) is 0 Å². The van der Waals surface area contributed by atoms with Crippen LogP contribution in [-0.2, 0) is 0 Å². The summed E-state index contributed by atoms with van der Waals surface area (Å²) in [6, 6.07) is 10.3. The molecular weight excluding hydrogens is 240 g/mol. The fourth-order valence-corrected chi connectivity index (χ4v) is 1.76. The van der Waals surface area contributed by atoms with Gasteiger partial charge in [-0.15, -0.1) is 5.10 Å². The minimum Gasteiger partial charge on any atom is -0.457 e. The lowest BCUT2D eigenvalue weighted by molar-refractivity contribution is 0.138. The number of para-hydroxylation sites is 1. The first-order valence-corrected chi connectivity index (χ1v) is 6.49. The van der Waals surface area contributed by atoms with Crippen molar-refractivity contribution < 1.29 is 4.74 Å². The molecule has 5 heteroatoms. The van der Waals surface area contributed by atoms with Gasteiger partial charge in [0.2, 0.25) is 0 Å². The molecule has 0 bridgehead atoms. The van der Waals surface area contributed by atoms with E-state index in [2.05, 4.69) is 29.2 Å². The first-order chi connectivity index (χ1) is 9.20. The maximum Gasteiger partial charge on any atom is 0.336 e. The third-order valence-electron chi connectivity index (χ3n) is 2.90. The summed E-state index contributed by atoms with van der Waals surface area (Å²) in [5, 5.41) is 7.46. The molecule has 0 spiro atoms. The Balaban J connectivity index is 2.09. The van der Waals surface area contributed by atoms with Crippen LogP contribution in [0.3, 0.4) is 0 Å². The monoisotopic (exact) mass is 260 g/mol. The van der Waals surface area contributed by atoms with Gasteiger partial charge in [-0.3, -0.25) is 0 Å². The molecule has 1 atom stereocenters.